The average molecular weight is 1090 g/mol. The molecule has 0 rings (SSSR count). The molecule has 12 N–H and O–H groups in total. The Balaban J connectivity index is 5.51. The lowest BCUT2D eigenvalue weighted by Crippen LogP contribution is -2.52. The molecule has 0 fully saturated rings. The number of nitrogens with two attached hydrogens (primary N) is 2. The number of hydrogen-bond acceptors (Lipinski definition) is 23. The van der Waals surface area contributed by atoms with Gasteiger partial charge in [0.2, 0.25) is 23.6 Å². The Morgan fingerprint density at radius 2 is 0.627 bits per heavy atom. The third-order valence-corrected chi connectivity index (χ3v) is 9.83. The second-order valence-electron chi connectivity index (χ2n) is 16.2. The standard InChI is InChI=1S/C47H97N11O17/c1-51-5-19-67-27-35-75-39-31-69-21-7-53-45(61)41-57(14-15-59)11-10-56(40-44(60)52-6-20-68-28-36-72-32-24-64-16-2-48)12-13-58(42-46(62)54-8-22-70-29-37-73-33-25-65-17-3-49)43-47(63)55-9-23-71-30-38-74-34-26-66-18-4-50/h15,51H,2-14,16-43,48-50H2,1H3,(H,52,60)(H,53,61)(H,54,62)(H,55,63)/p+1. The maximum atomic E-state index is 13.3. The first-order chi connectivity index (χ1) is 36.8. The molecule has 28 heteroatoms. The van der Waals surface area contributed by atoms with Gasteiger partial charge in [0, 0.05) is 72.0 Å². The van der Waals surface area contributed by atoms with Crippen LogP contribution >= 0.6 is 0 Å². The highest BCUT2D eigenvalue weighted by Crippen LogP contribution is 1.98. The van der Waals surface area contributed by atoms with Crippen molar-refractivity contribution in [2.75, 3.05) is 277 Å². The van der Waals surface area contributed by atoms with Gasteiger partial charge in [-0.05, 0) is 7.05 Å². The van der Waals surface area contributed by atoms with Crippen molar-refractivity contribution >= 4 is 29.9 Å². The number of nitrogens with one attached hydrogen (secondary N) is 5. The van der Waals surface area contributed by atoms with Gasteiger partial charge in [0.1, 0.15) is 6.29 Å². The number of quaternary nitrogens is 1. The zero-order valence-electron chi connectivity index (χ0n) is 45.2. The summed E-state index contributed by atoms with van der Waals surface area (Å²) >= 11 is 0. The van der Waals surface area contributed by atoms with Crippen LogP contribution in [0.5, 0.6) is 0 Å². The van der Waals surface area contributed by atoms with E-state index < -0.39 is 0 Å². The molecule has 0 heterocycles. The molecular weight excluding hydrogens is 991 g/mol. The maximum absolute atomic E-state index is 13.3. The first-order valence-corrected chi connectivity index (χ1v) is 26.2. The quantitative estimate of drug-likeness (QED) is 0.0207. The molecule has 0 unspecified atom stereocenters. The van der Waals surface area contributed by atoms with E-state index in [2.05, 4.69) is 32.3 Å². The van der Waals surface area contributed by atoms with Gasteiger partial charge in [0.05, 0.1) is 198 Å². The number of ether oxygens (including phenoxy) is 12. The van der Waals surface area contributed by atoms with Crippen LogP contribution in [0.2, 0.25) is 0 Å². The zero-order chi connectivity index (χ0) is 54.8. The van der Waals surface area contributed by atoms with Crippen LogP contribution in [0.1, 0.15) is 0 Å². The molecule has 0 aliphatic heterocycles. The molecule has 0 saturated carbocycles. The van der Waals surface area contributed by atoms with Crippen LogP contribution in [0.3, 0.4) is 0 Å². The summed E-state index contributed by atoms with van der Waals surface area (Å²) in [6.07, 6.45) is 0.710. The van der Waals surface area contributed by atoms with Crippen LogP contribution in [0.15, 0.2) is 0 Å². The Bertz CT molecular complexity index is 1270. The van der Waals surface area contributed by atoms with Crippen LogP contribution in [0.4, 0.5) is 0 Å². The minimum Gasteiger partial charge on any atom is -0.378 e. The van der Waals surface area contributed by atoms with E-state index in [-0.39, 0.29) is 135 Å². The van der Waals surface area contributed by atoms with Crippen molar-refractivity contribution in [3.05, 3.63) is 0 Å². The highest BCUT2D eigenvalue weighted by molar-refractivity contribution is 5.81. The summed E-state index contributed by atoms with van der Waals surface area (Å²) in [4.78, 5) is 69.6. The van der Waals surface area contributed by atoms with Gasteiger partial charge in [-0.25, -0.2) is 0 Å². The van der Waals surface area contributed by atoms with Gasteiger partial charge in [-0.3, -0.25) is 33.9 Å². The molecule has 28 nitrogen and oxygen atoms in total. The molecule has 0 atom stereocenters. The predicted octanol–water partition coefficient (Wildman–Crippen LogP) is -6.87. The zero-order valence-corrected chi connectivity index (χ0v) is 45.2. The summed E-state index contributed by atoms with van der Waals surface area (Å²) in [6.45, 7) is 13.4. The Hall–Kier alpha value is -3.21. The molecule has 4 amide bonds. The lowest BCUT2D eigenvalue weighted by Gasteiger charge is -2.29. The summed E-state index contributed by atoms with van der Waals surface area (Å²) in [5.41, 5.74) is 14.6. The van der Waals surface area contributed by atoms with Gasteiger partial charge in [0.15, 0.2) is 0 Å². The fourth-order valence-electron chi connectivity index (χ4n) is 6.09. The molecule has 0 aliphatic carbocycles. The van der Waals surface area contributed by atoms with Crippen LogP contribution in [-0.2, 0) is 80.8 Å². The fraction of sp³-hybridized carbons (Fsp3) is 0.894. The van der Waals surface area contributed by atoms with Crippen LogP contribution < -0.4 is 43.8 Å². The van der Waals surface area contributed by atoms with E-state index >= 15 is 0 Å². The molecule has 0 spiro atoms. The first kappa shape index (κ1) is 71.8. The molecule has 0 aromatic rings. The normalized spacial score (nSPS) is 11.5. The first-order valence-electron chi connectivity index (χ1n) is 26.2. The lowest BCUT2D eigenvalue weighted by molar-refractivity contribution is -0.374. The van der Waals surface area contributed by atoms with Gasteiger partial charge >= 0.3 is 0 Å². The summed E-state index contributed by atoms with van der Waals surface area (Å²) in [5.74, 6) is -1.27. The van der Waals surface area contributed by atoms with E-state index in [1.807, 2.05) is 11.9 Å². The Morgan fingerprint density at radius 3 is 0.933 bits per heavy atom. The summed E-state index contributed by atoms with van der Waals surface area (Å²) in [5, 5.41) is 14.3. The third-order valence-electron chi connectivity index (χ3n) is 9.83. The molecule has 0 aromatic heterocycles. The number of carbonyl (C=O) groups is 5. The Labute approximate surface area is 445 Å². The summed E-state index contributed by atoms with van der Waals surface area (Å²) in [6, 6.07) is 0. The van der Waals surface area contributed by atoms with Crippen LogP contribution in [0, 0.1) is 0 Å². The molecule has 0 bridgehead atoms. The molecule has 75 heavy (non-hydrogen) atoms. The Kier molecular flexibility index (Phi) is 56.0. The van der Waals surface area contributed by atoms with Gasteiger partial charge < -0.3 is 105 Å². The van der Waals surface area contributed by atoms with E-state index in [9.17, 15) is 24.0 Å². The van der Waals surface area contributed by atoms with Gasteiger partial charge in [-0.1, -0.05) is 0 Å². The van der Waals surface area contributed by atoms with Crippen molar-refractivity contribution in [1.29, 1.82) is 0 Å². The van der Waals surface area contributed by atoms with Gasteiger partial charge in [0.25, 0.3) is 0 Å². The topological polar surface area (TPSA) is 346 Å². The second kappa shape index (κ2) is 58.5. The number of nitrogens with zero attached hydrogens (tertiary/aromatic N) is 3. The fourth-order valence-corrected chi connectivity index (χ4v) is 6.09. The Morgan fingerprint density at radius 1 is 0.373 bits per heavy atom. The van der Waals surface area contributed by atoms with Gasteiger partial charge in [-0.15, -0.1) is 0 Å². The smallest absolute Gasteiger partial charge is 0.234 e. The molecule has 0 aromatic carbocycles. The van der Waals surface area contributed by atoms with E-state index in [0.29, 0.717) is 158 Å². The number of likely N-dealkylation sites (N-methyl/N-ethyl adjacent to an activating group) is 1. The number of rotatable bonds is 61. The minimum atomic E-state index is -0.335. The van der Waals surface area contributed by atoms with E-state index in [1.165, 1.54) is 0 Å². The molecule has 442 valence electrons. The number of carbonyl (C=O) groups excluding carboxylic acids is 5. The summed E-state index contributed by atoms with van der Waals surface area (Å²) in [7, 11) is 1.86. The van der Waals surface area contributed by atoms with Crippen LogP contribution in [-0.4, -0.2) is 321 Å². The monoisotopic (exact) mass is 1090 g/mol. The number of aldehydes is 1. The molecule has 0 aliphatic rings. The van der Waals surface area contributed by atoms with Crippen molar-refractivity contribution in [2.45, 2.75) is 0 Å². The van der Waals surface area contributed by atoms with Crippen molar-refractivity contribution in [2.24, 2.45) is 11.5 Å². The molecule has 0 saturated heterocycles. The molecular formula is C47H98N11O17+. The van der Waals surface area contributed by atoms with E-state index in [0.717, 1.165) is 6.54 Å². The molecule has 0 radical (unpaired) electrons. The number of hydrogen-bond donors (Lipinski definition) is 8. The highest BCUT2D eigenvalue weighted by Gasteiger charge is 2.19. The van der Waals surface area contributed by atoms with Crippen LogP contribution in [0.25, 0.3) is 0 Å². The summed E-state index contributed by atoms with van der Waals surface area (Å²) < 4.78 is 65.5. The van der Waals surface area contributed by atoms with Crippen molar-refractivity contribution in [3.8, 4) is 0 Å². The van der Waals surface area contributed by atoms with Gasteiger partial charge in [-0.2, -0.15) is 0 Å². The lowest BCUT2D eigenvalue weighted by atomic mass is 10.3. The average Bonchev–Trinajstić information content (AvgIpc) is 3.39. The maximum Gasteiger partial charge on any atom is 0.234 e. The SMILES string of the molecule is CNCCOCCOCCOCCNC(=O)CN(CC=O)CCN(CCN(CC(=O)NCCOCCOCCOCCN)CC(=O)NCCOCCOCCOCC[NH3+])CC(=O)NCCOCCOCCOCCN. The van der Waals surface area contributed by atoms with Crippen molar-refractivity contribution < 1.29 is 86.5 Å². The minimum absolute atomic E-state index is 0.0298. The third kappa shape index (κ3) is 54.0. The van der Waals surface area contributed by atoms with E-state index in [4.69, 9.17) is 68.3 Å². The predicted molar refractivity (Wildman–Crippen MR) is 277 cm³/mol. The largest absolute Gasteiger partial charge is 0.378 e. The van der Waals surface area contributed by atoms with Crippen molar-refractivity contribution in [1.82, 2.24) is 41.3 Å². The second-order valence-corrected chi connectivity index (χ2v) is 16.2. The highest BCUT2D eigenvalue weighted by atomic mass is 16.6. The number of amides is 4. The van der Waals surface area contributed by atoms with Crippen molar-refractivity contribution in [3.63, 3.8) is 0 Å². The van der Waals surface area contributed by atoms with E-state index in [1.54, 1.807) is 9.80 Å².